The first-order chi connectivity index (χ1) is 18.4. The van der Waals surface area contributed by atoms with Gasteiger partial charge in [-0.3, -0.25) is 19.6 Å². The molecule has 0 unspecified atom stereocenters. The van der Waals surface area contributed by atoms with Gasteiger partial charge in [0.15, 0.2) is 0 Å². The maximum atomic E-state index is 12.4. The minimum absolute atomic E-state index is 0.141. The van der Waals surface area contributed by atoms with Gasteiger partial charge in [-0.05, 0) is 49.9 Å². The van der Waals surface area contributed by atoms with Crippen molar-refractivity contribution in [1.29, 1.82) is 0 Å². The van der Waals surface area contributed by atoms with Gasteiger partial charge < -0.3 is 15.4 Å². The lowest BCUT2D eigenvalue weighted by Gasteiger charge is -2.05. The number of rotatable bonds is 9. The van der Waals surface area contributed by atoms with Crippen molar-refractivity contribution in [2.75, 3.05) is 17.7 Å². The molecule has 1 saturated carbocycles. The molecular formula is C25H26N8O3S2. The summed E-state index contributed by atoms with van der Waals surface area (Å²) in [6.07, 6.45) is 6.43. The number of anilines is 2. The molecule has 0 radical (unpaired) electrons. The van der Waals surface area contributed by atoms with E-state index in [-0.39, 0.29) is 36.5 Å². The van der Waals surface area contributed by atoms with Crippen LogP contribution in [0.15, 0.2) is 36.7 Å². The molecule has 13 heteroatoms. The number of aromatic nitrogens is 6. The van der Waals surface area contributed by atoms with Crippen LogP contribution in [0.4, 0.5) is 10.3 Å². The van der Waals surface area contributed by atoms with Crippen molar-refractivity contribution in [3.8, 4) is 5.75 Å². The van der Waals surface area contributed by atoms with E-state index in [0.29, 0.717) is 27.4 Å². The van der Waals surface area contributed by atoms with Crippen molar-refractivity contribution in [2.45, 2.75) is 50.9 Å². The van der Waals surface area contributed by atoms with Crippen molar-refractivity contribution in [3.05, 3.63) is 63.6 Å². The fourth-order valence-corrected chi connectivity index (χ4v) is 6.04. The number of hydrogen-bond acceptors (Lipinski definition) is 11. The van der Waals surface area contributed by atoms with Crippen LogP contribution in [0.1, 0.15) is 58.1 Å². The highest BCUT2D eigenvalue weighted by Gasteiger charge is 2.32. The molecule has 2 atom stereocenters. The highest BCUT2D eigenvalue weighted by Crippen LogP contribution is 2.45. The predicted molar refractivity (Wildman–Crippen MR) is 144 cm³/mol. The minimum atomic E-state index is -0.198. The summed E-state index contributed by atoms with van der Waals surface area (Å²) in [6, 6.07) is 7.31. The Kier molecular flexibility index (Phi) is 7.94. The van der Waals surface area contributed by atoms with Crippen molar-refractivity contribution < 1.29 is 14.3 Å². The summed E-state index contributed by atoms with van der Waals surface area (Å²) in [6.45, 7) is 1.96. The van der Waals surface area contributed by atoms with E-state index in [1.807, 2.05) is 19.1 Å². The molecule has 1 aliphatic carbocycles. The zero-order valence-electron chi connectivity index (χ0n) is 20.9. The highest BCUT2D eigenvalue weighted by molar-refractivity contribution is 7.15. The molecule has 38 heavy (non-hydrogen) atoms. The Morgan fingerprint density at radius 3 is 1.87 bits per heavy atom. The normalized spacial score (nSPS) is 16.8. The number of methoxy groups -OCH3 is 1. The van der Waals surface area contributed by atoms with E-state index in [9.17, 15) is 9.59 Å². The van der Waals surface area contributed by atoms with Crippen molar-refractivity contribution in [1.82, 2.24) is 30.4 Å². The van der Waals surface area contributed by atoms with Crippen molar-refractivity contribution in [3.63, 3.8) is 0 Å². The summed E-state index contributed by atoms with van der Waals surface area (Å²) >= 11 is 2.81. The summed E-state index contributed by atoms with van der Waals surface area (Å²) in [5.41, 5.74) is 2.40. The number of aryl methyl sites for hydroxylation is 1. The van der Waals surface area contributed by atoms with E-state index in [1.54, 1.807) is 31.6 Å². The Morgan fingerprint density at radius 2 is 1.39 bits per heavy atom. The SMILES string of the molecule is COc1ccc(CC(=O)Nc2nnc([C@H]3CC[C@H](c4nnc(NC(=O)Cc5ccc(C)cn5)s4)C3)s2)nc1. The number of nitrogens with zero attached hydrogens (tertiary/aromatic N) is 6. The molecule has 1 aliphatic rings. The molecule has 1 fully saturated rings. The van der Waals surface area contributed by atoms with E-state index < -0.39 is 0 Å². The maximum Gasteiger partial charge on any atom is 0.232 e. The topological polar surface area (TPSA) is 145 Å². The van der Waals surface area contributed by atoms with Gasteiger partial charge >= 0.3 is 0 Å². The van der Waals surface area contributed by atoms with Gasteiger partial charge in [0.1, 0.15) is 15.8 Å². The molecule has 4 heterocycles. The first kappa shape index (κ1) is 25.8. The number of ether oxygens (including phenoxy) is 1. The Hall–Kier alpha value is -3.84. The third-order valence-corrected chi connectivity index (χ3v) is 8.20. The monoisotopic (exact) mass is 550 g/mol. The fourth-order valence-electron chi connectivity index (χ4n) is 4.23. The van der Waals surface area contributed by atoms with Gasteiger partial charge in [-0.15, -0.1) is 20.4 Å². The zero-order valence-corrected chi connectivity index (χ0v) is 22.5. The number of carbonyl (C=O) groups is 2. The van der Waals surface area contributed by atoms with Gasteiger partial charge in [0, 0.05) is 29.4 Å². The van der Waals surface area contributed by atoms with Crippen LogP contribution in [0.3, 0.4) is 0 Å². The first-order valence-electron chi connectivity index (χ1n) is 12.1. The third kappa shape index (κ3) is 6.53. The predicted octanol–water partition coefficient (Wildman–Crippen LogP) is 3.91. The Bertz CT molecular complexity index is 1400. The third-order valence-electron chi connectivity index (χ3n) is 6.19. The average molecular weight is 551 g/mol. The Balaban J connectivity index is 1.11. The second-order valence-corrected chi connectivity index (χ2v) is 11.1. The molecule has 4 aromatic heterocycles. The average Bonchev–Trinajstić information content (AvgIpc) is 3.67. The number of amides is 2. The molecular weight excluding hydrogens is 524 g/mol. The van der Waals surface area contributed by atoms with Crippen LogP contribution in [0.5, 0.6) is 5.75 Å². The van der Waals surface area contributed by atoms with Crippen LogP contribution in [0.2, 0.25) is 0 Å². The Morgan fingerprint density at radius 1 is 0.842 bits per heavy atom. The summed E-state index contributed by atoms with van der Waals surface area (Å²) < 4.78 is 5.09. The molecule has 0 aliphatic heterocycles. The van der Waals surface area contributed by atoms with Gasteiger partial charge in [0.05, 0.1) is 26.1 Å². The molecule has 5 rings (SSSR count). The number of carbonyl (C=O) groups excluding carboxylic acids is 2. The molecule has 2 amide bonds. The zero-order chi connectivity index (χ0) is 26.5. The lowest BCUT2D eigenvalue weighted by molar-refractivity contribution is -0.116. The fraction of sp³-hybridized carbons (Fsp3) is 0.360. The molecule has 0 spiro atoms. The summed E-state index contributed by atoms with van der Waals surface area (Å²) in [5.74, 6) is 0.754. The van der Waals surface area contributed by atoms with E-state index >= 15 is 0 Å². The van der Waals surface area contributed by atoms with Gasteiger partial charge in [0.2, 0.25) is 22.1 Å². The largest absolute Gasteiger partial charge is 0.495 e. The highest BCUT2D eigenvalue weighted by atomic mass is 32.1. The van der Waals surface area contributed by atoms with Crippen LogP contribution < -0.4 is 15.4 Å². The van der Waals surface area contributed by atoms with E-state index in [0.717, 1.165) is 34.8 Å². The Labute approximate surface area is 227 Å². The van der Waals surface area contributed by atoms with Gasteiger partial charge in [0.25, 0.3) is 0 Å². The van der Waals surface area contributed by atoms with Crippen LogP contribution >= 0.6 is 22.7 Å². The van der Waals surface area contributed by atoms with Gasteiger partial charge in [-0.25, -0.2) is 0 Å². The number of pyridine rings is 2. The maximum absolute atomic E-state index is 12.4. The summed E-state index contributed by atoms with van der Waals surface area (Å²) in [5, 5.41) is 25.4. The van der Waals surface area contributed by atoms with Gasteiger partial charge in [-0.2, -0.15) is 0 Å². The smallest absolute Gasteiger partial charge is 0.232 e. The summed E-state index contributed by atoms with van der Waals surface area (Å²) in [7, 11) is 1.57. The van der Waals surface area contributed by atoms with Crippen molar-refractivity contribution >= 4 is 44.8 Å². The van der Waals surface area contributed by atoms with Crippen LogP contribution in [0, 0.1) is 6.92 Å². The molecule has 0 bridgehead atoms. The van der Waals surface area contributed by atoms with Gasteiger partial charge in [-0.1, -0.05) is 28.7 Å². The molecule has 4 aromatic rings. The number of hydrogen-bond donors (Lipinski definition) is 2. The lowest BCUT2D eigenvalue weighted by Crippen LogP contribution is -2.15. The quantitative estimate of drug-likeness (QED) is 0.317. The molecule has 2 N–H and O–H groups in total. The molecule has 0 aromatic carbocycles. The van der Waals surface area contributed by atoms with Crippen LogP contribution in [-0.4, -0.2) is 49.3 Å². The van der Waals surface area contributed by atoms with Crippen molar-refractivity contribution in [2.24, 2.45) is 0 Å². The lowest BCUT2D eigenvalue weighted by atomic mass is 10.1. The second-order valence-electron chi connectivity index (χ2n) is 9.06. The standard InChI is InChI=1S/C25H26N8O3S2/c1-14-3-6-17(26-12-14)10-20(34)28-24-32-30-22(37-24)15-4-5-16(9-15)23-31-33-25(38-23)29-21(35)11-18-7-8-19(36-2)13-27-18/h3,6-8,12-13,15-16H,4-5,9-11H2,1-2H3,(H,28,32,34)(H,29,33,35)/t15-,16-/m0/s1. The molecule has 0 saturated heterocycles. The second kappa shape index (κ2) is 11.7. The van der Waals surface area contributed by atoms with E-state index in [1.165, 1.54) is 22.7 Å². The van der Waals surface area contributed by atoms with Crippen LogP contribution in [-0.2, 0) is 22.4 Å². The van der Waals surface area contributed by atoms with E-state index in [2.05, 4.69) is 41.0 Å². The molecule has 11 nitrogen and oxygen atoms in total. The minimum Gasteiger partial charge on any atom is -0.495 e. The number of nitrogens with one attached hydrogen (secondary N) is 2. The molecule has 196 valence electrons. The first-order valence-corrected chi connectivity index (χ1v) is 13.8. The van der Waals surface area contributed by atoms with Crippen LogP contribution in [0.25, 0.3) is 0 Å². The van der Waals surface area contributed by atoms with E-state index in [4.69, 9.17) is 4.74 Å². The summed E-state index contributed by atoms with van der Waals surface area (Å²) in [4.78, 5) is 33.3.